The van der Waals surface area contributed by atoms with Crippen molar-refractivity contribution in [3.63, 3.8) is 0 Å². The third-order valence-corrected chi connectivity index (χ3v) is 4.31. The van der Waals surface area contributed by atoms with Crippen LogP contribution in [0.15, 0.2) is 24.3 Å². The van der Waals surface area contributed by atoms with E-state index in [9.17, 15) is 14.4 Å². The van der Waals surface area contributed by atoms with Crippen LogP contribution in [0.1, 0.15) is 56.8 Å². The smallest absolute Gasteiger partial charge is 0.256 e. The molecule has 1 atom stereocenters. The average molecular weight is 345 g/mol. The van der Waals surface area contributed by atoms with Crippen molar-refractivity contribution in [3.8, 4) is 0 Å². The normalized spacial score (nSPS) is 17.1. The number of hydrogen-bond donors (Lipinski definition) is 2. The summed E-state index contributed by atoms with van der Waals surface area (Å²) in [4.78, 5) is 38.7. The van der Waals surface area contributed by atoms with Crippen molar-refractivity contribution in [3.05, 3.63) is 29.8 Å². The number of nitrogens with one attached hydrogen (secondary N) is 2. The highest BCUT2D eigenvalue weighted by molar-refractivity contribution is 6.05. The fourth-order valence-corrected chi connectivity index (χ4v) is 2.99. The zero-order valence-corrected chi connectivity index (χ0v) is 15.2. The lowest BCUT2D eigenvalue weighted by molar-refractivity contribution is -0.128. The van der Waals surface area contributed by atoms with Gasteiger partial charge in [-0.25, -0.2) is 0 Å². The lowest BCUT2D eigenvalue weighted by Crippen LogP contribution is -2.46. The number of carbonyl (C=O) groups is 3. The molecule has 0 unspecified atom stereocenters. The number of rotatable bonds is 6. The summed E-state index contributed by atoms with van der Waals surface area (Å²) in [5.74, 6) is -0.481. The Bertz CT molecular complexity index is 643. The van der Waals surface area contributed by atoms with Crippen molar-refractivity contribution >= 4 is 23.4 Å². The van der Waals surface area contributed by atoms with Crippen molar-refractivity contribution in [1.29, 1.82) is 0 Å². The van der Waals surface area contributed by atoms with Crippen LogP contribution >= 0.6 is 0 Å². The lowest BCUT2D eigenvalue weighted by Gasteiger charge is -2.28. The molecule has 1 aliphatic rings. The van der Waals surface area contributed by atoms with Gasteiger partial charge in [0.05, 0.1) is 11.3 Å². The number of para-hydroxylation sites is 1. The Labute approximate surface area is 149 Å². The topological polar surface area (TPSA) is 78.5 Å². The van der Waals surface area contributed by atoms with Gasteiger partial charge in [-0.05, 0) is 45.2 Å². The summed E-state index contributed by atoms with van der Waals surface area (Å²) in [6.45, 7) is 6.65. The van der Waals surface area contributed by atoms with Gasteiger partial charge in [-0.2, -0.15) is 0 Å². The number of piperidine rings is 1. The third kappa shape index (κ3) is 4.81. The van der Waals surface area contributed by atoms with Crippen LogP contribution in [0.25, 0.3) is 0 Å². The molecule has 1 aliphatic heterocycles. The van der Waals surface area contributed by atoms with Gasteiger partial charge in [0.15, 0.2) is 0 Å². The monoisotopic (exact) mass is 345 g/mol. The molecule has 3 amide bonds. The predicted octanol–water partition coefficient (Wildman–Crippen LogP) is 2.55. The highest BCUT2D eigenvalue weighted by Gasteiger charge is 2.26. The zero-order valence-electron chi connectivity index (χ0n) is 15.2. The van der Waals surface area contributed by atoms with Gasteiger partial charge in [-0.3, -0.25) is 14.4 Å². The molecule has 1 aromatic rings. The van der Waals surface area contributed by atoms with Crippen molar-refractivity contribution in [2.45, 2.75) is 58.5 Å². The van der Waals surface area contributed by atoms with Crippen molar-refractivity contribution < 1.29 is 14.4 Å². The quantitative estimate of drug-likeness (QED) is 0.832. The second-order valence-electron chi connectivity index (χ2n) is 6.64. The van der Waals surface area contributed by atoms with Gasteiger partial charge < -0.3 is 15.5 Å². The average Bonchev–Trinajstić information content (AvgIpc) is 2.59. The van der Waals surface area contributed by atoms with E-state index in [1.807, 2.05) is 20.8 Å². The fraction of sp³-hybridized carbons (Fsp3) is 0.526. The Kier molecular flexibility index (Phi) is 6.56. The van der Waals surface area contributed by atoms with Gasteiger partial charge in [0.2, 0.25) is 11.8 Å². The van der Waals surface area contributed by atoms with E-state index in [1.54, 1.807) is 29.2 Å². The highest BCUT2D eigenvalue weighted by atomic mass is 16.2. The summed E-state index contributed by atoms with van der Waals surface area (Å²) >= 11 is 0. The Morgan fingerprint density at radius 3 is 2.68 bits per heavy atom. The molecule has 0 spiro atoms. The summed E-state index contributed by atoms with van der Waals surface area (Å²) in [5.41, 5.74) is 0.958. The predicted molar refractivity (Wildman–Crippen MR) is 97.3 cm³/mol. The first-order valence-corrected chi connectivity index (χ1v) is 8.94. The third-order valence-electron chi connectivity index (χ3n) is 4.31. The minimum Gasteiger partial charge on any atom is -0.344 e. The van der Waals surface area contributed by atoms with Crippen LogP contribution in [0, 0.1) is 0 Å². The minimum absolute atomic E-state index is 0.0776. The first-order chi connectivity index (χ1) is 11.9. The summed E-state index contributed by atoms with van der Waals surface area (Å²) in [7, 11) is 0. The van der Waals surface area contributed by atoms with Crippen LogP contribution < -0.4 is 10.6 Å². The van der Waals surface area contributed by atoms with Gasteiger partial charge in [0.25, 0.3) is 5.91 Å². The molecule has 0 aliphatic carbocycles. The molecule has 25 heavy (non-hydrogen) atoms. The maximum atomic E-state index is 12.9. The van der Waals surface area contributed by atoms with E-state index in [4.69, 9.17) is 0 Å². The number of nitrogens with zero attached hydrogens (tertiary/aromatic N) is 1. The second-order valence-corrected chi connectivity index (χ2v) is 6.64. The standard InChI is InChI=1S/C19H27N3O3/c1-4-12-22(13(2)3)19(25)14-8-5-6-9-15(14)21-18(24)16-10-7-11-17(23)20-16/h5-6,8-9,13,16H,4,7,10-12H2,1-3H3,(H,20,23)(H,21,24)/t16-/m1/s1. The molecule has 0 aromatic heterocycles. The largest absolute Gasteiger partial charge is 0.344 e. The maximum Gasteiger partial charge on any atom is 0.256 e. The van der Waals surface area contributed by atoms with E-state index in [2.05, 4.69) is 10.6 Å². The first-order valence-electron chi connectivity index (χ1n) is 8.94. The van der Waals surface area contributed by atoms with E-state index in [1.165, 1.54) is 0 Å². The number of hydrogen-bond acceptors (Lipinski definition) is 3. The Hall–Kier alpha value is -2.37. The minimum atomic E-state index is -0.541. The molecule has 1 saturated heterocycles. The van der Waals surface area contributed by atoms with Crippen LogP contribution in [0.4, 0.5) is 5.69 Å². The Morgan fingerprint density at radius 2 is 2.04 bits per heavy atom. The molecular weight excluding hydrogens is 318 g/mol. The van der Waals surface area contributed by atoms with Gasteiger partial charge in [-0.1, -0.05) is 19.1 Å². The number of anilines is 1. The van der Waals surface area contributed by atoms with E-state index in [-0.39, 0.29) is 23.8 Å². The maximum absolute atomic E-state index is 12.9. The van der Waals surface area contributed by atoms with Crippen LogP contribution in [-0.2, 0) is 9.59 Å². The number of benzene rings is 1. The lowest BCUT2D eigenvalue weighted by atomic mass is 10.0. The van der Waals surface area contributed by atoms with Crippen molar-refractivity contribution in [1.82, 2.24) is 10.2 Å². The molecule has 6 heteroatoms. The Balaban J connectivity index is 2.18. The SMILES string of the molecule is CCCN(C(=O)c1ccccc1NC(=O)[C@H]1CCCC(=O)N1)C(C)C. The van der Waals surface area contributed by atoms with Crippen molar-refractivity contribution in [2.24, 2.45) is 0 Å². The van der Waals surface area contributed by atoms with E-state index < -0.39 is 6.04 Å². The summed E-state index contributed by atoms with van der Waals surface area (Å²) in [6.07, 6.45) is 2.63. The van der Waals surface area contributed by atoms with Gasteiger partial charge in [-0.15, -0.1) is 0 Å². The zero-order chi connectivity index (χ0) is 18.4. The highest BCUT2D eigenvalue weighted by Crippen LogP contribution is 2.20. The van der Waals surface area contributed by atoms with E-state index in [0.717, 1.165) is 6.42 Å². The molecule has 2 rings (SSSR count). The van der Waals surface area contributed by atoms with Gasteiger partial charge in [0, 0.05) is 19.0 Å². The molecule has 1 fully saturated rings. The molecule has 0 radical (unpaired) electrons. The second kappa shape index (κ2) is 8.65. The van der Waals surface area contributed by atoms with E-state index in [0.29, 0.717) is 37.1 Å². The first kappa shape index (κ1) is 19.0. The summed E-state index contributed by atoms with van der Waals surface area (Å²) < 4.78 is 0. The van der Waals surface area contributed by atoms with Gasteiger partial charge >= 0.3 is 0 Å². The molecular formula is C19H27N3O3. The molecule has 1 heterocycles. The van der Waals surface area contributed by atoms with Gasteiger partial charge in [0.1, 0.15) is 6.04 Å². The Morgan fingerprint density at radius 1 is 1.32 bits per heavy atom. The molecule has 6 nitrogen and oxygen atoms in total. The van der Waals surface area contributed by atoms with E-state index >= 15 is 0 Å². The molecule has 0 saturated carbocycles. The number of carbonyl (C=O) groups excluding carboxylic acids is 3. The van der Waals surface area contributed by atoms with Crippen LogP contribution in [-0.4, -0.2) is 41.2 Å². The van der Waals surface area contributed by atoms with Crippen LogP contribution in [0.3, 0.4) is 0 Å². The summed E-state index contributed by atoms with van der Waals surface area (Å²) in [5, 5.41) is 5.52. The van der Waals surface area contributed by atoms with Crippen LogP contribution in [0.2, 0.25) is 0 Å². The van der Waals surface area contributed by atoms with Crippen LogP contribution in [0.5, 0.6) is 0 Å². The molecule has 2 N–H and O–H groups in total. The number of amides is 3. The fourth-order valence-electron chi connectivity index (χ4n) is 2.99. The molecule has 1 aromatic carbocycles. The van der Waals surface area contributed by atoms with Crippen molar-refractivity contribution in [2.75, 3.05) is 11.9 Å². The summed E-state index contributed by atoms with van der Waals surface area (Å²) in [6, 6.07) is 6.55. The molecule has 136 valence electrons. The molecule has 0 bridgehead atoms.